The van der Waals surface area contributed by atoms with E-state index < -0.39 is 0 Å². The lowest BCUT2D eigenvalue weighted by Gasteiger charge is -2.14. The number of rotatable bonds is 6. The van der Waals surface area contributed by atoms with Gasteiger partial charge in [0.1, 0.15) is 11.6 Å². The molecule has 2 heterocycles. The molecule has 0 saturated heterocycles. The van der Waals surface area contributed by atoms with Crippen LogP contribution in [0.3, 0.4) is 0 Å². The molecule has 0 aliphatic rings. The molecule has 0 spiro atoms. The predicted molar refractivity (Wildman–Crippen MR) is 119 cm³/mol. The van der Waals surface area contributed by atoms with Crippen molar-refractivity contribution in [2.75, 3.05) is 7.11 Å². The molecule has 4 rings (SSSR count). The monoisotopic (exact) mass is 421 g/mol. The lowest BCUT2D eigenvalue weighted by Crippen LogP contribution is -2.12. The number of para-hydroxylation sites is 1. The number of H-pyrrole nitrogens is 1. The van der Waals surface area contributed by atoms with Gasteiger partial charge in [0.15, 0.2) is 11.0 Å². The van der Waals surface area contributed by atoms with Crippen LogP contribution >= 0.6 is 11.8 Å². The van der Waals surface area contributed by atoms with Crippen LogP contribution in [0.15, 0.2) is 52.4 Å². The van der Waals surface area contributed by atoms with Crippen molar-refractivity contribution in [1.82, 2.24) is 24.7 Å². The van der Waals surface area contributed by atoms with E-state index in [1.807, 2.05) is 43.3 Å². The number of aromatic nitrogens is 5. The van der Waals surface area contributed by atoms with E-state index in [0.29, 0.717) is 17.0 Å². The topological polar surface area (TPSA) is 85.7 Å². The van der Waals surface area contributed by atoms with E-state index in [4.69, 9.17) is 4.74 Å². The molecule has 0 bridgehead atoms. The van der Waals surface area contributed by atoms with Gasteiger partial charge >= 0.3 is 0 Å². The van der Waals surface area contributed by atoms with E-state index in [0.717, 1.165) is 33.4 Å². The molecule has 7 nitrogen and oxygen atoms in total. The van der Waals surface area contributed by atoms with Crippen molar-refractivity contribution in [3.8, 4) is 17.1 Å². The summed E-state index contributed by atoms with van der Waals surface area (Å²) in [5.41, 5.74) is 2.57. The van der Waals surface area contributed by atoms with Crippen molar-refractivity contribution >= 4 is 22.7 Å². The Balaban J connectivity index is 1.64. The Hall–Kier alpha value is -3.13. The smallest absolute Gasteiger partial charge is 0.258 e. The Labute approximate surface area is 178 Å². The fourth-order valence-corrected chi connectivity index (χ4v) is 4.27. The number of aryl methyl sites for hydroxylation is 1. The number of hydrogen-bond donors (Lipinski definition) is 1. The molecule has 0 saturated carbocycles. The minimum Gasteiger partial charge on any atom is -0.497 e. The van der Waals surface area contributed by atoms with E-state index in [-0.39, 0.29) is 11.6 Å². The summed E-state index contributed by atoms with van der Waals surface area (Å²) in [5, 5.41) is 10.2. The number of methoxy groups -OCH3 is 1. The first-order valence-electron chi connectivity index (χ1n) is 9.68. The summed E-state index contributed by atoms with van der Waals surface area (Å²) in [5.74, 6) is 2.71. The van der Waals surface area contributed by atoms with E-state index in [1.165, 1.54) is 11.8 Å². The maximum atomic E-state index is 12.4. The second-order valence-corrected chi connectivity index (χ2v) is 8.21. The summed E-state index contributed by atoms with van der Waals surface area (Å²) in [7, 11) is 1.65. The molecule has 30 heavy (non-hydrogen) atoms. The van der Waals surface area contributed by atoms with Gasteiger partial charge in [-0.05, 0) is 56.7 Å². The van der Waals surface area contributed by atoms with Crippen molar-refractivity contribution < 1.29 is 4.74 Å². The minimum absolute atomic E-state index is 0.122. The Morgan fingerprint density at radius 1 is 1.13 bits per heavy atom. The first-order valence-corrected chi connectivity index (χ1v) is 10.7. The van der Waals surface area contributed by atoms with Gasteiger partial charge in [0.2, 0.25) is 0 Å². The van der Waals surface area contributed by atoms with Gasteiger partial charge in [-0.3, -0.25) is 9.36 Å². The molecular formula is C22H23N5O2S. The molecule has 0 aliphatic carbocycles. The fourth-order valence-electron chi connectivity index (χ4n) is 3.33. The van der Waals surface area contributed by atoms with Crippen LogP contribution in [0.1, 0.15) is 31.3 Å². The summed E-state index contributed by atoms with van der Waals surface area (Å²) in [6, 6.07) is 13.6. The molecule has 1 N–H and O–H groups in total. The van der Waals surface area contributed by atoms with Crippen LogP contribution in [0.4, 0.5) is 0 Å². The van der Waals surface area contributed by atoms with Gasteiger partial charge in [-0.2, -0.15) is 0 Å². The van der Waals surface area contributed by atoms with Crippen LogP contribution in [0.25, 0.3) is 22.3 Å². The molecule has 154 valence electrons. The molecule has 0 aliphatic heterocycles. The van der Waals surface area contributed by atoms with Crippen molar-refractivity contribution in [1.29, 1.82) is 0 Å². The highest BCUT2D eigenvalue weighted by atomic mass is 32.2. The Morgan fingerprint density at radius 3 is 2.60 bits per heavy atom. The van der Waals surface area contributed by atoms with Crippen LogP contribution in [0.5, 0.6) is 5.75 Å². The lowest BCUT2D eigenvalue weighted by atomic mass is 10.1. The molecule has 0 unspecified atom stereocenters. The van der Waals surface area contributed by atoms with Crippen molar-refractivity contribution in [2.45, 2.75) is 37.7 Å². The van der Waals surface area contributed by atoms with E-state index >= 15 is 0 Å². The molecular weight excluding hydrogens is 398 g/mol. The molecule has 0 radical (unpaired) electrons. The SMILES string of the molecule is COc1ccc(-c2nnc(SCc3nc4c(C)cccc4c(=O)[nH]3)n2C(C)C)cc1. The van der Waals surface area contributed by atoms with Gasteiger partial charge in [-0.25, -0.2) is 4.98 Å². The number of hydrogen-bond acceptors (Lipinski definition) is 6. The molecule has 8 heteroatoms. The quantitative estimate of drug-likeness (QED) is 0.465. The third-order valence-electron chi connectivity index (χ3n) is 4.85. The van der Waals surface area contributed by atoms with Gasteiger partial charge < -0.3 is 9.72 Å². The van der Waals surface area contributed by atoms with Gasteiger partial charge in [-0.1, -0.05) is 23.9 Å². The third kappa shape index (κ3) is 3.82. The number of nitrogens with one attached hydrogen (secondary N) is 1. The van der Waals surface area contributed by atoms with Crippen molar-refractivity contribution in [2.24, 2.45) is 0 Å². The Morgan fingerprint density at radius 2 is 1.90 bits per heavy atom. The number of ether oxygens (including phenoxy) is 1. The minimum atomic E-state index is -0.122. The standard InChI is InChI=1S/C22H23N5O2S/c1-13(2)27-20(15-8-10-16(29-4)11-9-15)25-26-22(27)30-12-18-23-19-14(3)6-5-7-17(19)21(28)24-18/h5-11,13H,12H2,1-4H3,(H,23,24,28). The van der Waals surface area contributed by atoms with E-state index in [1.54, 1.807) is 13.2 Å². The zero-order chi connectivity index (χ0) is 21.3. The first-order chi connectivity index (χ1) is 14.5. The highest BCUT2D eigenvalue weighted by molar-refractivity contribution is 7.98. The maximum Gasteiger partial charge on any atom is 0.258 e. The summed E-state index contributed by atoms with van der Waals surface area (Å²) >= 11 is 1.51. The van der Waals surface area contributed by atoms with Gasteiger partial charge in [0.25, 0.3) is 5.56 Å². The average Bonchev–Trinajstić information content (AvgIpc) is 3.17. The van der Waals surface area contributed by atoms with Crippen LogP contribution < -0.4 is 10.3 Å². The number of nitrogens with zero attached hydrogens (tertiary/aromatic N) is 4. The molecule has 0 amide bonds. The molecule has 4 aromatic rings. The third-order valence-corrected chi connectivity index (χ3v) is 5.81. The second kappa shape index (κ2) is 8.31. The van der Waals surface area contributed by atoms with Crippen LogP contribution in [-0.4, -0.2) is 31.8 Å². The van der Waals surface area contributed by atoms with Gasteiger partial charge in [-0.15, -0.1) is 10.2 Å². The number of thioether (sulfide) groups is 1. The number of fused-ring (bicyclic) bond motifs is 1. The average molecular weight is 422 g/mol. The summed E-state index contributed by atoms with van der Waals surface area (Å²) in [6.45, 7) is 6.15. The summed E-state index contributed by atoms with van der Waals surface area (Å²) in [4.78, 5) is 20.0. The molecule has 0 fully saturated rings. The van der Waals surface area contributed by atoms with Crippen LogP contribution in [0.2, 0.25) is 0 Å². The predicted octanol–water partition coefficient (Wildman–Crippen LogP) is 4.37. The molecule has 2 aromatic heterocycles. The number of aromatic amines is 1. The highest BCUT2D eigenvalue weighted by Gasteiger charge is 2.17. The van der Waals surface area contributed by atoms with Crippen molar-refractivity contribution in [3.63, 3.8) is 0 Å². The van der Waals surface area contributed by atoms with Crippen molar-refractivity contribution in [3.05, 3.63) is 64.2 Å². The maximum absolute atomic E-state index is 12.4. The van der Waals surface area contributed by atoms with Gasteiger partial charge in [0.05, 0.1) is 23.8 Å². The second-order valence-electron chi connectivity index (χ2n) is 7.27. The normalized spacial score (nSPS) is 11.4. The zero-order valence-corrected chi connectivity index (χ0v) is 18.2. The number of benzene rings is 2. The zero-order valence-electron chi connectivity index (χ0n) is 17.3. The fraction of sp³-hybridized carbons (Fsp3) is 0.273. The van der Waals surface area contributed by atoms with Gasteiger partial charge in [0, 0.05) is 11.6 Å². The van der Waals surface area contributed by atoms with E-state index in [9.17, 15) is 4.79 Å². The molecule has 2 aromatic carbocycles. The highest BCUT2D eigenvalue weighted by Crippen LogP contribution is 2.30. The van der Waals surface area contributed by atoms with Crippen LogP contribution in [-0.2, 0) is 5.75 Å². The first kappa shape index (κ1) is 20.2. The molecule has 0 atom stereocenters. The van der Waals surface area contributed by atoms with E-state index in [2.05, 4.69) is 38.6 Å². The Bertz CT molecular complexity index is 1240. The van der Waals surface area contributed by atoms with Crippen LogP contribution in [0, 0.1) is 6.92 Å². The summed E-state index contributed by atoms with van der Waals surface area (Å²) in [6.07, 6.45) is 0. The lowest BCUT2D eigenvalue weighted by molar-refractivity contribution is 0.415. The largest absolute Gasteiger partial charge is 0.497 e. The summed E-state index contributed by atoms with van der Waals surface area (Å²) < 4.78 is 7.34. The Kier molecular flexibility index (Phi) is 5.59.